The van der Waals surface area contributed by atoms with E-state index in [0.29, 0.717) is 36.5 Å². The number of rotatable bonds is 6. The van der Waals surface area contributed by atoms with Crippen LogP contribution in [-0.2, 0) is 11.3 Å². The first-order chi connectivity index (χ1) is 11.5. The van der Waals surface area contributed by atoms with Crippen molar-refractivity contribution in [1.82, 2.24) is 9.88 Å². The molecular formula is C19H24N2O3. The number of esters is 1. The third kappa shape index (κ3) is 3.50. The summed E-state index contributed by atoms with van der Waals surface area (Å²) in [7, 11) is 0. The molecule has 1 aromatic heterocycles. The number of carbonyl (C=O) groups excluding carboxylic acids is 2. The van der Waals surface area contributed by atoms with Crippen molar-refractivity contribution in [2.45, 2.75) is 34.2 Å². The van der Waals surface area contributed by atoms with Crippen LogP contribution < -0.4 is 5.32 Å². The van der Waals surface area contributed by atoms with Gasteiger partial charge in [-0.25, -0.2) is 4.79 Å². The molecular weight excluding hydrogens is 304 g/mol. The SMILES string of the molecule is CCNC(=O)c1c(C)c(C(=O)OCC)n(Cc2ccccc2)c1C. The van der Waals surface area contributed by atoms with Crippen LogP contribution in [0.25, 0.3) is 0 Å². The molecule has 24 heavy (non-hydrogen) atoms. The molecule has 1 aromatic carbocycles. The molecule has 0 spiro atoms. The average Bonchev–Trinajstić information content (AvgIpc) is 2.79. The number of nitrogens with zero attached hydrogens (tertiary/aromatic N) is 1. The Kier molecular flexibility index (Phi) is 5.79. The van der Waals surface area contributed by atoms with E-state index in [2.05, 4.69) is 5.32 Å². The van der Waals surface area contributed by atoms with E-state index < -0.39 is 5.97 Å². The second-order valence-corrected chi connectivity index (χ2v) is 5.59. The Balaban J connectivity index is 2.55. The molecule has 0 fully saturated rings. The van der Waals surface area contributed by atoms with E-state index in [-0.39, 0.29) is 5.91 Å². The fourth-order valence-electron chi connectivity index (χ4n) is 2.90. The molecule has 0 radical (unpaired) electrons. The van der Waals surface area contributed by atoms with Gasteiger partial charge in [0.25, 0.3) is 5.91 Å². The van der Waals surface area contributed by atoms with Gasteiger partial charge in [-0.05, 0) is 38.8 Å². The van der Waals surface area contributed by atoms with Crippen molar-refractivity contribution in [2.24, 2.45) is 0 Å². The number of aromatic nitrogens is 1. The molecule has 0 atom stereocenters. The highest BCUT2D eigenvalue weighted by atomic mass is 16.5. The first kappa shape index (κ1) is 17.8. The quantitative estimate of drug-likeness (QED) is 0.829. The van der Waals surface area contributed by atoms with Crippen LogP contribution in [0.1, 0.15) is 51.5 Å². The van der Waals surface area contributed by atoms with Crippen molar-refractivity contribution in [3.05, 3.63) is 58.4 Å². The summed E-state index contributed by atoms with van der Waals surface area (Å²) in [6.07, 6.45) is 0. The minimum atomic E-state index is -0.399. The number of ether oxygens (including phenoxy) is 1. The van der Waals surface area contributed by atoms with Gasteiger partial charge in [0.2, 0.25) is 0 Å². The molecule has 0 aliphatic heterocycles. The predicted molar refractivity (Wildman–Crippen MR) is 93.4 cm³/mol. The van der Waals surface area contributed by atoms with Crippen molar-refractivity contribution >= 4 is 11.9 Å². The van der Waals surface area contributed by atoms with Crippen LogP contribution in [0.2, 0.25) is 0 Å². The molecule has 1 amide bonds. The third-order valence-electron chi connectivity index (χ3n) is 3.98. The number of carbonyl (C=O) groups is 2. The summed E-state index contributed by atoms with van der Waals surface area (Å²) in [5.74, 6) is -0.561. The Morgan fingerprint density at radius 1 is 1.12 bits per heavy atom. The highest BCUT2D eigenvalue weighted by Crippen LogP contribution is 2.24. The Morgan fingerprint density at radius 2 is 1.79 bits per heavy atom. The minimum Gasteiger partial charge on any atom is -0.461 e. The molecule has 5 heteroatoms. The average molecular weight is 328 g/mol. The van der Waals surface area contributed by atoms with Gasteiger partial charge in [0.1, 0.15) is 5.69 Å². The van der Waals surface area contributed by atoms with Gasteiger partial charge < -0.3 is 14.6 Å². The van der Waals surface area contributed by atoms with Crippen LogP contribution in [0, 0.1) is 13.8 Å². The molecule has 1 N–H and O–H groups in total. The van der Waals surface area contributed by atoms with Gasteiger partial charge in [0, 0.05) is 18.8 Å². The topological polar surface area (TPSA) is 60.3 Å². The van der Waals surface area contributed by atoms with E-state index in [1.165, 1.54) is 0 Å². The Labute approximate surface area is 142 Å². The number of amides is 1. The summed E-state index contributed by atoms with van der Waals surface area (Å²) in [5.41, 5.74) is 3.48. The van der Waals surface area contributed by atoms with Crippen LogP contribution in [-0.4, -0.2) is 29.6 Å². The lowest BCUT2D eigenvalue weighted by molar-refractivity contribution is 0.0513. The summed E-state index contributed by atoms with van der Waals surface area (Å²) < 4.78 is 7.07. The lowest BCUT2D eigenvalue weighted by Gasteiger charge is -2.12. The van der Waals surface area contributed by atoms with Crippen molar-refractivity contribution in [3.8, 4) is 0 Å². The van der Waals surface area contributed by atoms with Gasteiger partial charge in [0.05, 0.1) is 12.2 Å². The van der Waals surface area contributed by atoms with E-state index in [9.17, 15) is 9.59 Å². The van der Waals surface area contributed by atoms with Crippen molar-refractivity contribution in [1.29, 1.82) is 0 Å². The van der Waals surface area contributed by atoms with E-state index >= 15 is 0 Å². The molecule has 2 aromatic rings. The Bertz CT molecular complexity index is 733. The van der Waals surface area contributed by atoms with Crippen molar-refractivity contribution in [2.75, 3.05) is 13.2 Å². The number of benzene rings is 1. The van der Waals surface area contributed by atoms with Gasteiger partial charge in [0.15, 0.2) is 0 Å². The molecule has 0 aliphatic rings. The summed E-state index contributed by atoms with van der Waals surface area (Å²) in [5, 5.41) is 2.81. The maximum absolute atomic E-state index is 12.4. The maximum Gasteiger partial charge on any atom is 0.355 e. The van der Waals surface area contributed by atoms with E-state index in [4.69, 9.17) is 4.74 Å². The number of hydrogen-bond donors (Lipinski definition) is 1. The van der Waals surface area contributed by atoms with Gasteiger partial charge in [-0.2, -0.15) is 0 Å². The van der Waals surface area contributed by atoms with Crippen LogP contribution in [0.15, 0.2) is 30.3 Å². The Hall–Kier alpha value is -2.56. The lowest BCUT2D eigenvalue weighted by Crippen LogP contribution is -2.24. The zero-order valence-corrected chi connectivity index (χ0v) is 14.7. The standard InChI is InChI=1S/C19H24N2O3/c1-5-20-18(22)16-13(3)17(19(23)24-6-2)21(14(16)4)12-15-10-8-7-9-11-15/h7-11H,5-6,12H2,1-4H3,(H,20,22). The molecule has 0 saturated carbocycles. The van der Waals surface area contributed by atoms with Crippen molar-refractivity contribution in [3.63, 3.8) is 0 Å². The molecule has 1 heterocycles. The van der Waals surface area contributed by atoms with E-state index in [0.717, 1.165) is 11.3 Å². The molecule has 0 unspecified atom stereocenters. The van der Waals surface area contributed by atoms with Gasteiger partial charge >= 0.3 is 5.97 Å². The first-order valence-corrected chi connectivity index (χ1v) is 8.20. The molecule has 0 saturated heterocycles. The molecule has 0 bridgehead atoms. The summed E-state index contributed by atoms with van der Waals surface area (Å²) in [6.45, 7) is 8.65. The van der Waals surface area contributed by atoms with Crippen LogP contribution in [0.4, 0.5) is 0 Å². The number of hydrogen-bond acceptors (Lipinski definition) is 3. The minimum absolute atomic E-state index is 0.162. The van der Waals surface area contributed by atoms with Crippen LogP contribution in [0.3, 0.4) is 0 Å². The van der Waals surface area contributed by atoms with E-state index in [1.807, 2.05) is 48.7 Å². The van der Waals surface area contributed by atoms with Gasteiger partial charge in [-0.1, -0.05) is 30.3 Å². The van der Waals surface area contributed by atoms with Gasteiger partial charge in [-0.15, -0.1) is 0 Å². The van der Waals surface area contributed by atoms with Crippen molar-refractivity contribution < 1.29 is 14.3 Å². The second-order valence-electron chi connectivity index (χ2n) is 5.59. The van der Waals surface area contributed by atoms with Crippen LogP contribution >= 0.6 is 0 Å². The summed E-state index contributed by atoms with van der Waals surface area (Å²) in [4.78, 5) is 24.9. The zero-order valence-electron chi connectivity index (χ0n) is 14.7. The Morgan fingerprint density at radius 3 is 2.38 bits per heavy atom. The monoisotopic (exact) mass is 328 g/mol. The fraction of sp³-hybridized carbons (Fsp3) is 0.368. The highest BCUT2D eigenvalue weighted by molar-refractivity contribution is 6.01. The third-order valence-corrected chi connectivity index (χ3v) is 3.98. The molecule has 128 valence electrons. The first-order valence-electron chi connectivity index (χ1n) is 8.20. The fourth-order valence-corrected chi connectivity index (χ4v) is 2.90. The van der Waals surface area contributed by atoms with E-state index in [1.54, 1.807) is 13.8 Å². The smallest absolute Gasteiger partial charge is 0.355 e. The molecule has 5 nitrogen and oxygen atoms in total. The van der Waals surface area contributed by atoms with Crippen LogP contribution in [0.5, 0.6) is 0 Å². The zero-order chi connectivity index (χ0) is 17.7. The summed E-state index contributed by atoms with van der Waals surface area (Å²) >= 11 is 0. The largest absolute Gasteiger partial charge is 0.461 e. The predicted octanol–water partition coefficient (Wildman–Crippen LogP) is 3.08. The number of nitrogens with one attached hydrogen (secondary N) is 1. The highest BCUT2D eigenvalue weighted by Gasteiger charge is 2.26. The summed E-state index contributed by atoms with van der Waals surface area (Å²) in [6, 6.07) is 9.85. The lowest BCUT2D eigenvalue weighted by atomic mass is 10.1. The molecule has 0 aliphatic carbocycles. The second kappa shape index (κ2) is 7.81. The molecule has 2 rings (SSSR count). The maximum atomic E-state index is 12.4. The normalized spacial score (nSPS) is 10.5. The van der Waals surface area contributed by atoms with Gasteiger partial charge in [-0.3, -0.25) is 4.79 Å².